The van der Waals surface area contributed by atoms with Crippen LogP contribution in [0.25, 0.3) is 0 Å². The lowest BCUT2D eigenvalue weighted by molar-refractivity contribution is -0.384. The van der Waals surface area contributed by atoms with Crippen LogP contribution in [0.4, 0.5) is 11.4 Å². The first-order valence-electron chi connectivity index (χ1n) is 7.26. The molecule has 0 radical (unpaired) electrons. The van der Waals surface area contributed by atoms with Gasteiger partial charge in [0.1, 0.15) is 0 Å². The summed E-state index contributed by atoms with van der Waals surface area (Å²) in [5.41, 5.74) is 2.11. The van der Waals surface area contributed by atoms with Crippen molar-refractivity contribution < 1.29 is 4.92 Å². The standard InChI is InChI=1S/C17H20N2O2/c1-2-3-12-17(14-8-5-4-6-9-14)18-15-10-7-11-16(13-15)19(20)21/h4-11,13,17-18H,2-3,12H2,1H3. The topological polar surface area (TPSA) is 55.2 Å². The number of hydrogen-bond acceptors (Lipinski definition) is 3. The van der Waals surface area contributed by atoms with Crippen molar-refractivity contribution in [3.63, 3.8) is 0 Å². The number of benzene rings is 2. The second-order valence-electron chi connectivity index (χ2n) is 5.06. The Kier molecular flexibility index (Phi) is 5.32. The maximum absolute atomic E-state index is 10.9. The summed E-state index contributed by atoms with van der Waals surface area (Å²) in [5.74, 6) is 0. The molecule has 0 fully saturated rings. The van der Waals surface area contributed by atoms with E-state index < -0.39 is 0 Å². The SMILES string of the molecule is CCCCC(Nc1cccc([N+](=O)[O-])c1)c1ccccc1. The molecule has 0 saturated carbocycles. The van der Waals surface area contributed by atoms with Gasteiger partial charge in [0.2, 0.25) is 0 Å². The molecule has 0 amide bonds. The Morgan fingerprint density at radius 3 is 2.57 bits per heavy atom. The third-order valence-electron chi connectivity index (χ3n) is 3.45. The highest BCUT2D eigenvalue weighted by Crippen LogP contribution is 2.26. The molecule has 4 heteroatoms. The van der Waals surface area contributed by atoms with Gasteiger partial charge in [0, 0.05) is 17.8 Å². The first kappa shape index (κ1) is 15.0. The van der Waals surface area contributed by atoms with Crippen LogP contribution in [0, 0.1) is 10.1 Å². The lowest BCUT2D eigenvalue weighted by Gasteiger charge is -2.20. The van der Waals surface area contributed by atoms with Crippen molar-refractivity contribution in [2.75, 3.05) is 5.32 Å². The van der Waals surface area contributed by atoms with Crippen molar-refractivity contribution in [3.8, 4) is 0 Å². The smallest absolute Gasteiger partial charge is 0.271 e. The molecule has 110 valence electrons. The summed E-state index contributed by atoms with van der Waals surface area (Å²) in [7, 11) is 0. The van der Waals surface area contributed by atoms with Crippen LogP contribution in [0.1, 0.15) is 37.8 Å². The third-order valence-corrected chi connectivity index (χ3v) is 3.45. The van der Waals surface area contributed by atoms with E-state index in [1.54, 1.807) is 12.1 Å². The zero-order valence-electron chi connectivity index (χ0n) is 12.2. The van der Waals surface area contributed by atoms with Crippen LogP contribution in [-0.4, -0.2) is 4.92 Å². The number of non-ortho nitro benzene ring substituents is 1. The van der Waals surface area contributed by atoms with Gasteiger partial charge >= 0.3 is 0 Å². The van der Waals surface area contributed by atoms with Crippen molar-refractivity contribution in [3.05, 3.63) is 70.3 Å². The summed E-state index contributed by atoms with van der Waals surface area (Å²) in [5, 5.41) is 14.3. The molecule has 1 N–H and O–H groups in total. The molecular weight excluding hydrogens is 264 g/mol. The van der Waals surface area contributed by atoms with Gasteiger partial charge in [-0.05, 0) is 18.1 Å². The second kappa shape index (κ2) is 7.43. The van der Waals surface area contributed by atoms with Gasteiger partial charge in [-0.15, -0.1) is 0 Å². The quantitative estimate of drug-likeness (QED) is 0.579. The Balaban J connectivity index is 2.18. The van der Waals surface area contributed by atoms with E-state index in [2.05, 4.69) is 24.4 Å². The van der Waals surface area contributed by atoms with Crippen LogP contribution in [0.3, 0.4) is 0 Å². The highest BCUT2D eigenvalue weighted by atomic mass is 16.6. The molecule has 4 nitrogen and oxygen atoms in total. The number of nitrogens with zero attached hydrogens (tertiary/aromatic N) is 1. The minimum absolute atomic E-state index is 0.113. The fourth-order valence-corrected chi connectivity index (χ4v) is 2.33. The van der Waals surface area contributed by atoms with Crippen LogP contribution in [0.15, 0.2) is 54.6 Å². The Morgan fingerprint density at radius 2 is 1.90 bits per heavy atom. The molecular formula is C17H20N2O2. The van der Waals surface area contributed by atoms with Crippen LogP contribution in [0.5, 0.6) is 0 Å². The Bertz CT molecular complexity index is 584. The summed E-state index contributed by atoms with van der Waals surface area (Å²) in [6, 6.07) is 17.1. The number of rotatable bonds is 7. The largest absolute Gasteiger partial charge is 0.378 e. The number of hydrogen-bond donors (Lipinski definition) is 1. The molecule has 0 aliphatic rings. The van der Waals surface area contributed by atoms with Gasteiger partial charge in [-0.25, -0.2) is 0 Å². The van der Waals surface area contributed by atoms with Gasteiger partial charge in [0.15, 0.2) is 0 Å². The van der Waals surface area contributed by atoms with E-state index in [4.69, 9.17) is 0 Å². The summed E-state index contributed by atoms with van der Waals surface area (Å²) < 4.78 is 0. The number of anilines is 1. The number of unbranched alkanes of at least 4 members (excludes halogenated alkanes) is 1. The van der Waals surface area contributed by atoms with Gasteiger partial charge in [0.25, 0.3) is 5.69 Å². The molecule has 2 aromatic carbocycles. The molecule has 0 bridgehead atoms. The van der Waals surface area contributed by atoms with Gasteiger partial charge in [-0.1, -0.05) is 56.2 Å². The van der Waals surface area contributed by atoms with Crippen molar-refractivity contribution in [2.24, 2.45) is 0 Å². The van der Waals surface area contributed by atoms with E-state index in [9.17, 15) is 10.1 Å². The summed E-state index contributed by atoms with van der Waals surface area (Å²) in [6.45, 7) is 2.16. The van der Waals surface area contributed by atoms with E-state index in [1.165, 1.54) is 11.6 Å². The van der Waals surface area contributed by atoms with Crippen LogP contribution < -0.4 is 5.32 Å². The minimum atomic E-state index is -0.366. The lowest BCUT2D eigenvalue weighted by atomic mass is 10.0. The Hall–Kier alpha value is -2.36. The average Bonchev–Trinajstić information content (AvgIpc) is 2.52. The Labute approximate surface area is 125 Å². The highest BCUT2D eigenvalue weighted by molar-refractivity contribution is 5.52. The molecule has 1 atom stereocenters. The molecule has 0 spiro atoms. The molecule has 0 aliphatic heterocycles. The molecule has 2 rings (SSSR count). The zero-order valence-corrected chi connectivity index (χ0v) is 12.2. The predicted octanol–water partition coefficient (Wildman–Crippen LogP) is 4.94. The van der Waals surface area contributed by atoms with Gasteiger partial charge in [-0.3, -0.25) is 10.1 Å². The van der Waals surface area contributed by atoms with Gasteiger partial charge in [-0.2, -0.15) is 0 Å². The average molecular weight is 284 g/mol. The first-order chi connectivity index (χ1) is 10.2. The van der Waals surface area contributed by atoms with Crippen molar-refractivity contribution in [2.45, 2.75) is 32.2 Å². The monoisotopic (exact) mass is 284 g/mol. The summed E-state index contributed by atoms with van der Waals surface area (Å²) in [4.78, 5) is 10.5. The second-order valence-corrected chi connectivity index (χ2v) is 5.06. The van der Waals surface area contributed by atoms with E-state index >= 15 is 0 Å². The summed E-state index contributed by atoms with van der Waals surface area (Å²) >= 11 is 0. The third kappa shape index (κ3) is 4.31. The van der Waals surface area contributed by atoms with Crippen molar-refractivity contribution >= 4 is 11.4 Å². The fraction of sp³-hybridized carbons (Fsp3) is 0.294. The predicted molar refractivity (Wildman–Crippen MR) is 85.4 cm³/mol. The van der Waals surface area contributed by atoms with Gasteiger partial charge in [0.05, 0.1) is 11.0 Å². The molecule has 0 aliphatic carbocycles. The van der Waals surface area contributed by atoms with Crippen LogP contribution >= 0.6 is 0 Å². The summed E-state index contributed by atoms with van der Waals surface area (Å²) in [6.07, 6.45) is 3.24. The lowest BCUT2D eigenvalue weighted by Crippen LogP contribution is -2.10. The molecule has 0 saturated heterocycles. The molecule has 2 aromatic rings. The number of nitro groups is 1. The number of nitro benzene ring substituents is 1. The fourth-order valence-electron chi connectivity index (χ4n) is 2.33. The Morgan fingerprint density at radius 1 is 1.14 bits per heavy atom. The normalized spacial score (nSPS) is 11.9. The maximum atomic E-state index is 10.9. The van der Waals surface area contributed by atoms with E-state index in [0.29, 0.717) is 0 Å². The van der Waals surface area contributed by atoms with Crippen LogP contribution in [-0.2, 0) is 0 Å². The van der Waals surface area contributed by atoms with Crippen molar-refractivity contribution in [1.82, 2.24) is 0 Å². The van der Waals surface area contributed by atoms with E-state index in [0.717, 1.165) is 24.9 Å². The molecule has 21 heavy (non-hydrogen) atoms. The van der Waals surface area contributed by atoms with Crippen molar-refractivity contribution in [1.29, 1.82) is 0 Å². The highest BCUT2D eigenvalue weighted by Gasteiger charge is 2.12. The maximum Gasteiger partial charge on any atom is 0.271 e. The number of nitrogens with one attached hydrogen (secondary N) is 1. The molecule has 0 aromatic heterocycles. The minimum Gasteiger partial charge on any atom is -0.378 e. The van der Waals surface area contributed by atoms with E-state index in [1.807, 2.05) is 24.3 Å². The first-order valence-corrected chi connectivity index (χ1v) is 7.26. The van der Waals surface area contributed by atoms with E-state index in [-0.39, 0.29) is 16.7 Å². The molecule has 1 unspecified atom stereocenters. The zero-order chi connectivity index (χ0) is 15.1. The van der Waals surface area contributed by atoms with Crippen LogP contribution in [0.2, 0.25) is 0 Å². The van der Waals surface area contributed by atoms with Gasteiger partial charge < -0.3 is 5.32 Å². The molecule has 0 heterocycles.